The molecule has 0 spiro atoms. The monoisotopic (exact) mass is 397 g/mol. The van der Waals surface area contributed by atoms with Crippen LogP contribution in [0.3, 0.4) is 0 Å². The smallest absolute Gasteiger partial charge is 0.231 e. The van der Waals surface area contributed by atoms with E-state index in [0.29, 0.717) is 5.82 Å². The topological polar surface area (TPSA) is 48.7 Å². The molecule has 6 heteroatoms. The van der Waals surface area contributed by atoms with Crippen molar-refractivity contribution in [3.05, 3.63) is 78.2 Å². The van der Waals surface area contributed by atoms with Gasteiger partial charge in [-0.15, -0.1) is 16.4 Å². The number of ether oxygens (including phenoxy) is 2. The van der Waals surface area contributed by atoms with E-state index in [0.717, 1.165) is 33.3 Å². The highest BCUT2D eigenvalue weighted by molar-refractivity contribution is 7.15. The molecular weight excluding hydrogens is 382 g/mol. The Hall–Kier alpha value is -3.64. The first-order chi connectivity index (χ1) is 14.3. The van der Waals surface area contributed by atoms with E-state index in [-0.39, 0.29) is 6.79 Å². The summed E-state index contributed by atoms with van der Waals surface area (Å²) in [5.74, 6) is 2.17. The van der Waals surface area contributed by atoms with Crippen LogP contribution in [0.25, 0.3) is 38.7 Å². The van der Waals surface area contributed by atoms with Crippen LogP contribution in [0.4, 0.5) is 0 Å². The van der Waals surface area contributed by atoms with Gasteiger partial charge in [-0.05, 0) is 29.3 Å². The average Bonchev–Trinajstić information content (AvgIpc) is 3.49. The van der Waals surface area contributed by atoms with Crippen LogP contribution < -0.4 is 9.47 Å². The highest BCUT2D eigenvalue weighted by Gasteiger charge is 2.17. The molecule has 0 radical (unpaired) electrons. The van der Waals surface area contributed by atoms with Crippen molar-refractivity contribution in [1.82, 2.24) is 14.6 Å². The van der Waals surface area contributed by atoms with Crippen LogP contribution in [0, 0.1) is 0 Å². The lowest BCUT2D eigenvalue weighted by Gasteiger charge is -2.04. The van der Waals surface area contributed by atoms with Crippen molar-refractivity contribution >= 4 is 16.3 Å². The fourth-order valence-corrected chi connectivity index (χ4v) is 4.33. The Morgan fingerprint density at radius 3 is 2.34 bits per heavy atom. The van der Waals surface area contributed by atoms with Crippen LogP contribution in [0.5, 0.6) is 11.5 Å². The van der Waals surface area contributed by atoms with Gasteiger partial charge in [-0.1, -0.05) is 54.6 Å². The Kier molecular flexibility index (Phi) is 3.64. The van der Waals surface area contributed by atoms with Gasteiger partial charge in [0, 0.05) is 16.5 Å². The Labute approximate surface area is 170 Å². The Morgan fingerprint density at radius 1 is 0.759 bits per heavy atom. The molecule has 0 saturated heterocycles. The molecule has 3 aromatic carbocycles. The maximum absolute atomic E-state index is 5.47. The Bertz CT molecular complexity index is 1320. The summed E-state index contributed by atoms with van der Waals surface area (Å²) in [5, 5.41) is 6.84. The molecule has 0 amide bonds. The summed E-state index contributed by atoms with van der Waals surface area (Å²) in [4.78, 5) is 5.55. The molecule has 0 saturated carbocycles. The van der Waals surface area contributed by atoms with E-state index < -0.39 is 0 Å². The number of nitrogens with zero attached hydrogens (tertiary/aromatic N) is 3. The van der Waals surface area contributed by atoms with Crippen molar-refractivity contribution in [2.24, 2.45) is 0 Å². The van der Waals surface area contributed by atoms with Crippen LogP contribution in [0.2, 0.25) is 0 Å². The fraction of sp³-hybridized carbons (Fsp3) is 0.0435. The first kappa shape index (κ1) is 16.3. The largest absolute Gasteiger partial charge is 0.454 e. The number of benzene rings is 3. The SMILES string of the molecule is c1ccc(-c2ccc(-c3csc4nc(-c5ccc6c(c5)OCO6)nn34)cc2)cc1. The predicted molar refractivity (Wildman–Crippen MR) is 113 cm³/mol. The summed E-state index contributed by atoms with van der Waals surface area (Å²) in [7, 11) is 0. The lowest BCUT2D eigenvalue weighted by Crippen LogP contribution is -1.92. The highest BCUT2D eigenvalue weighted by atomic mass is 32.1. The van der Waals surface area contributed by atoms with E-state index in [1.807, 2.05) is 28.8 Å². The summed E-state index contributed by atoms with van der Waals surface area (Å²) in [6, 6.07) is 24.7. The molecule has 0 aliphatic carbocycles. The quantitative estimate of drug-likeness (QED) is 0.402. The summed E-state index contributed by atoms with van der Waals surface area (Å²) >= 11 is 1.58. The zero-order chi connectivity index (χ0) is 19.2. The van der Waals surface area contributed by atoms with Gasteiger partial charge in [0.05, 0.1) is 5.69 Å². The fourth-order valence-electron chi connectivity index (χ4n) is 3.50. The van der Waals surface area contributed by atoms with Crippen molar-refractivity contribution in [2.75, 3.05) is 6.79 Å². The maximum Gasteiger partial charge on any atom is 0.231 e. The number of thiazole rings is 1. The van der Waals surface area contributed by atoms with Gasteiger partial charge in [-0.3, -0.25) is 0 Å². The first-order valence-electron chi connectivity index (χ1n) is 9.25. The Balaban J connectivity index is 1.37. The highest BCUT2D eigenvalue weighted by Crippen LogP contribution is 2.36. The molecule has 3 heterocycles. The van der Waals surface area contributed by atoms with Gasteiger partial charge in [0.15, 0.2) is 17.3 Å². The molecule has 2 aromatic heterocycles. The second kappa shape index (κ2) is 6.46. The third-order valence-corrected chi connectivity index (χ3v) is 5.82. The number of fused-ring (bicyclic) bond motifs is 2. The van der Waals surface area contributed by atoms with E-state index in [4.69, 9.17) is 19.6 Å². The molecule has 0 unspecified atom stereocenters. The second-order valence-electron chi connectivity index (χ2n) is 6.76. The lowest BCUT2D eigenvalue weighted by atomic mass is 10.0. The van der Waals surface area contributed by atoms with Gasteiger partial charge >= 0.3 is 0 Å². The van der Waals surface area contributed by atoms with Crippen molar-refractivity contribution < 1.29 is 9.47 Å². The van der Waals surface area contributed by atoms with Gasteiger partial charge in [0.1, 0.15) is 0 Å². The van der Waals surface area contributed by atoms with Gasteiger partial charge < -0.3 is 9.47 Å². The first-order valence-corrected chi connectivity index (χ1v) is 10.1. The van der Waals surface area contributed by atoms with E-state index in [1.54, 1.807) is 11.3 Å². The molecule has 1 aliphatic rings. The third-order valence-electron chi connectivity index (χ3n) is 5.00. The molecule has 140 valence electrons. The van der Waals surface area contributed by atoms with Crippen LogP contribution in [-0.2, 0) is 0 Å². The summed E-state index contributed by atoms with van der Waals surface area (Å²) < 4.78 is 12.8. The number of rotatable bonds is 3. The van der Waals surface area contributed by atoms with Crippen LogP contribution >= 0.6 is 11.3 Å². The Morgan fingerprint density at radius 2 is 1.48 bits per heavy atom. The summed E-state index contributed by atoms with van der Waals surface area (Å²) in [5.41, 5.74) is 5.46. The van der Waals surface area contributed by atoms with Crippen LogP contribution in [-0.4, -0.2) is 21.4 Å². The number of hydrogen-bond acceptors (Lipinski definition) is 5. The predicted octanol–water partition coefficient (Wildman–Crippen LogP) is 5.52. The minimum Gasteiger partial charge on any atom is -0.454 e. The molecule has 5 aromatic rings. The van der Waals surface area contributed by atoms with Crippen LogP contribution in [0.1, 0.15) is 0 Å². The third kappa shape index (κ3) is 2.77. The van der Waals surface area contributed by atoms with E-state index >= 15 is 0 Å². The minimum atomic E-state index is 0.258. The van der Waals surface area contributed by atoms with Crippen molar-refractivity contribution in [1.29, 1.82) is 0 Å². The van der Waals surface area contributed by atoms with Gasteiger partial charge in [-0.2, -0.15) is 4.98 Å². The molecule has 0 atom stereocenters. The molecule has 0 N–H and O–H groups in total. The maximum atomic E-state index is 5.47. The van der Waals surface area contributed by atoms with E-state index in [2.05, 4.69) is 53.9 Å². The van der Waals surface area contributed by atoms with Crippen molar-refractivity contribution in [3.63, 3.8) is 0 Å². The second-order valence-corrected chi connectivity index (χ2v) is 7.60. The standard InChI is InChI=1S/C23H15N3O2S/c1-2-4-15(5-3-1)16-6-8-17(9-7-16)19-13-29-23-24-22(25-26(19)23)18-10-11-20-21(12-18)28-14-27-20/h1-13H,14H2. The van der Waals surface area contributed by atoms with Gasteiger partial charge in [0.25, 0.3) is 0 Å². The van der Waals surface area contributed by atoms with Gasteiger partial charge in [-0.25, -0.2) is 4.52 Å². The number of aromatic nitrogens is 3. The zero-order valence-electron chi connectivity index (χ0n) is 15.3. The average molecular weight is 397 g/mol. The van der Waals surface area contributed by atoms with Crippen molar-refractivity contribution in [2.45, 2.75) is 0 Å². The minimum absolute atomic E-state index is 0.258. The van der Waals surface area contributed by atoms with Gasteiger partial charge in [0.2, 0.25) is 11.8 Å². The molecule has 5 nitrogen and oxygen atoms in total. The molecule has 1 aliphatic heterocycles. The lowest BCUT2D eigenvalue weighted by molar-refractivity contribution is 0.174. The van der Waals surface area contributed by atoms with E-state index in [9.17, 15) is 0 Å². The van der Waals surface area contributed by atoms with Crippen molar-refractivity contribution in [3.8, 4) is 45.3 Å². The summed E-state index contributed by atoms with van der Waals surface area (Å²) in [6.45, 7) is 0.258. The number of hydrogen-bond donors (Lipinski definition) is 0. The molecule has 0 bridgehead atoms. The van der Waals surface area contributed by atoms with Crippen LogP contribution in [0.15, 0.2) is 78.2 Å². The molecule has 29 heavy (non-hydrogen) atoms. The zero-order valence-corrected chi connectivity index (χ0v) is 16.1. The van der Waals surface area contributed by atoms with E-state index in [1.165, 1.54) is 11.1 Å². The summed E-state index contributed by atoms with van der Waals surface area (Å²) in [6.07, 6.45) is 0. The molecular formula is C23H15N3O2S. The molecule has 6 rings (SSSR count). The molecule has 0 fully saturated rings. The normalized spacial score (nSPS) is 12.6.